The van der Waals surface area contributed by atoms with Gasteiger partial charge in [0.1, 0.15) is 5.75 Å². The number of nitrogens with one attached hydrogen (secondary N) is 1. The molecule has 5 rings (SSSR count). The van der Waals surface area contributed by atoms with Gasteiger partial charge in [0.25, 0.3) is 11.8 Å². The smallest absolute Gasteiger partial charge is 0.287 e. The molecule has 1 atom stereocenters. The number of ether oxygens (including phenoxy) is 1. The number of hydrogen-bond acceptors (Lipinski definition) is 8. The van der Waals surface area contributed by atoms with Crippen LogP contribution in [0.25, 0.3) is 0 Å². The van der Waals surface area contributed by atoms with Crippen LogP contribution >= 0.6 is 11.8 Å². The number of benzene rings is 2. The van der Waals surface area contributed by atoms with E-state index >= 15 is 0 Å². The number of carbonyl (C=O) groups is 2. The average Bonchev–Trinajstić information content (AvgIpc) is 3.72. The zero-order valence-corrected chi connectivity index (χ0v) is 22.6. The number of furan rings is 1. The molecule has 10 nitrogen and oxygen atoms in total. The topological polar surface area (TPSA) is 115 Å². The summed E-state index contributed by atoms with van der Waals surface area (Å²) in [5, 5.41) is 18.0. The lowest BCUT2D eigenvalue weighted by atomic mass is 9.97. The second-order valence-corrected chi connectivity index (χ2v) is 9.99. The van der Waals surface area contributed by atoms with Gasteiger partial charge in [0.05, 0.1) is 37.4 Å². The molecule has 1 aliphatic heterocycles. The quantitative estimate of drug-likeness (QED) is 0.315. The number of nitrogens with zero attached hydrogens (tertiary/aromatic N) is 5. The van der Waals surface area contributed by atoms with Gasteiger partial charge in [0.2, 0.25) is 0 Å². The Balaban J connectivity index is 1.28. The normalized spacial score (nSPS) is 14.8. The summed E-state index contributed by atoms with van der Waals surface area (Å²) in [4.78, 5) is 25.6. The fourth-order valence-corrected chi connectivity index (χ4v) is 5.00. The van der Waals surface area contributed by atoms with E-state index in [0.29, 0.717) is 17.4 Å². The number of aromatic nitrogens is 3. The van der Waals surface area contributed by atoms with E-state index in [2.05, 4.69) is 15.5 Å². The van der Waals surface area contributed by atoms with Crippen LogP contribution in [0.5, 0.6) is 5.75 Å². The van der Waals surface area contributed by atoms with Crippen LogP contribution in [0.15, 0.2) is 81.6 Å². The first kappa shape index (κ1) is 26.2. The van der Waals surface area contributed by atoms with Crippen molar-refractivity contribution in [3.63, 3.8) is 0 Å². The minimum absolute atomic E-state index is 0.131. The Morgan fingerprint density at radius 3 is 2.56 bits per heavy atom. The van der Waals surface area contributed by atoms with Crippen LogP contribution < -0.4 is 10.1 Å². The number of hydrogen-bond donors (Lipinski definition) is 1. The van der Waals surface area contributed by atoms with Gasteiger partial charge in [-0.25, -0.2) is 5.01 Å². The monoisotopic (exact) mass is 544 g/mol. The lowest BCUT2D eigenvalue weighted by Gasteiger charge is -2.22. The van der Waals surface area contributed by atoms with Gasteiger partial charge in [-0.1, -0.05) is 41.6 Å². The largest absolute Gasteiger partial charge is 0.497 e. The maximum absolute atomic E-state index is 13.5. The standard InChI is InChI=1S/C28H28N6O4S/c1-18-6-8-20(9-7-18)23-15-22(19-10-12-21(37-3)13-11-19)32-34(23)26(35)17-39-28-31-30-25(33(28)2)16-29-27(36)24-5-4-14-38-24/h4-14,23H,15-17H2,1-3H3,(H,29,36). The minimum atomic E-state index is -0.339. The number of rotatable bonds is 9. The average molecular weight is 545 g/mol. The molecule has 2 aromatic heterocycles. The Hall–Kier alpha value is -4.38. The maximum Gasteiger partial charge on any atom is 0.287 e. The number of thioether (sulfide) groups is 1. The summed E-state index contributed by atoms with van der Waals surface area (Å²) in [7, 11) is 3.43. The molecule has 1 aliphatic rings. The second kappa shape index (κ2) is 11.6. The van der Waals surface area contributed by atoms with Gasteiger partial charge in [-0.05, 0) is 54.4 Å². The highest BCUT2D eigenvalue weighted by atomic mass is 32.2. The summed E-state index contributed by atoms with van der Waals surface area (Å²) in [6.07, 6.45) is 2.05. The first-order valence-corrected chi connectivity index (χ1v) is 13.3. The third-order valence-corrected chi connectivity index (χ3v) is 7.46. The summed E-state index contributed by atoms with van der Waals surface area (Å²) in [6.45, 7) is 2.21. The predicted molar refractivity (Wildman–Crippen MR) is 147 cm³/mol. The minimum Gasteiger partial charge on any atom is -0.497 e. The predicted octanol–water partition coefficient (Wildman–Crippen LogP) is 4.13. The first-order valence-electron chi connectivity index (χ1n) is 12.4. The summed E-state index contributed by atoms with van der Waals surface area (Å²) in [5.41, 5.74) is 3.97. The van der Waals surface area contributed by atoms with Crippen LogP contribution in [0.2, 0.25) is 0 Å². The van der Waals surface area contributed by atoms with E-state index in [0.717, 1.165) is 28.2 Å². The molecule has 11 heteroatoms. The van der Waals surface area contributed by atoms with Gasteiger partial charge in [-0.3, -0.25) is 9.59 Å². The molecule has 1 unspecified atom stereocenters. The molecule has 0 aliphatic carbocycles. The van der Waals surface area contributed by atoms with Crippen LogP contribution in [-0.4, -0.2) is 50.2 Å². The highest BCUT2D eigenvalue weighted by Gasteiger charge is 2.33. The van der Waals surface area contributed by atoms with Crippen LogP contribution in [0.3, 0.4) is 0 Å². The third-order valence-electron chi connectivity index (χ3n) is 6.45. The van der Waals surface area contributed by atoms with Crippen LogP contribution in [0, 0.1) is 6.92 Å². The van der Waals surface area contributed by atoms with E-state index in [1.807, 2.05) is 55.5 Å². The van der Waals surface area contributed by atoms with Crippen molar-refractivity contribution < 1.29 is 18.7 Å². The Labute approximate surface area is 230 Å². The molecule has 3 heterocycles. The molecule has 2 amide bonds. The number of aryl methyl sites for hydroxylation is 1. The van der Waals surface area contributed by atoms with Gasteiger partial charge in [0.15, 0.2) is 16.7 Å². The summed E-state index contributed by atoms with van der Waals surface area (Å²) >= 11 is 1.28. The van der Waals surface area contributed by atoms with Crippen LogP contribution in [0.1, 0.15) is 45.5 Å². The molecule has 200 valence electrons. The van der Waals surface area contributed by atoms with E-state index in [-0.39, 0.29) is 35.9 Å². The molecule has 0 saturated carbocycles. The number of amides is 2. The fraction of sp³-hybridized carbons (Fsp3) is 0.250. The number of hydrazone groups is 1. The lowest BCUT2D eigenvalue weighted by molar-refractivity contribution is -0.130. The summed E-state index contributed by atoms with van der Waals surface area (Å²) < 4.78 is 12.1. The first-order chi connectivity index (χ1) is 18.9. The van der Waals surface area contributed by atoms with E-state index in [1.165, 1.54) is 18.0 Å². The van der Waals surface area contributed by atoms with Gasteiger partial charge in [-0.2, -0.15) is 5.10 Å². The van der Waals surface area contributed by atoms with Crippen molar-refractivity contribution in [1.29, 1.82) is 0 Å². The highest BCUT2D eigenvalue weighted by Crippen LogP contribution is 2.34. The molecular weight excluding hydrogens is 516 g/mol. The fourth-order valence-electron chi connectivity index (χ4n) is 4.22. The van der Waals surface area contributed by atoms with Crippen molar-refractivity contribution in [2.45, 2.75) is 31.1 Å². The molecule has 0 saturated heterocycles. The molecule has 0 fully saturated rings. The highest BCUT2D eigenvalue weighted by molar-refractivity contribution is 7.99. The van der Waals surface area contributed by atoms with Crippen molar-refractivity contribution in [3.8, 4) is 5.75 Å². The zero-order chi connectivity index (χ0) is 27.4. The second-order valence-electron chi connectivity index (χ2n) is 9.05. The third kappa shape index (κ3) is 5.88. The van der Waals surface area contributed by atoms with Crippen LogP contribution in [-0.2, 0) is 18.4 Å². The van der Waals surface area contributed by atoms with Crippen LogP contribution in [0.4, 0.5) is 0 Å². The molecule has 0 spiro atoms. The van der Waals surface area contributed by atoms with E-state index in [1.54, 1.807) is 35.9 Å². The Kier molecular flexibility index (Phi) is 7.78. The summed E-state index contributed by atoms with van der Waals surface area (Å²) in [5.74, 6) is 1.20. The van der Waals surface area contributed by atoms with Gasteiger partial charge in [-0.15, -0.1) is 10.2 Å². The van der Waals surface area contributed by atoms with Gasteiger partial charge in [0, 0.05) is 13.5 Å². The summed E-state index contributed by atoms with van der Waals surface area (Å²) in [6, 6.07) is 18.9. The van der Waals surface area contributed by atoms with Crippen molar-refractivity contribution in [2.24, 2.45) is 12.1 Å². The van der Waals surface area contributed by atoms with Crippen molar-refractivity contribution >= 4 is 29.3 Å². The molecule has 4 aromatic rings. The van der Waals surface area contributed by atoms with Gasteiger partial charge < -0.3 is 19.0 Å². The van der Waals surface area contributed by atoms with E-state index in [9.17, 15) is 9.59 Å². The Morgan fingerprint density at radius 2 is 1.87 bits per heavy atom. The zero-order valence-electron chi connectivity index (χ0n) is 21.8. The van der Waals surface area contributed by atoms with Crippen molar-refractivity contribution in [1.82, 2.24) is 25.1 Å². The Bertz CT molecular complexity index is 1480. The van der Waals surface area contributed by atoms with Gasteiger partial charge >= 0.3 is 0 Å². The molecule has 0 bridgehead atoms. The molecule has 0 radical (unpaired) electrons. The molecular formula is C28H28N6O4S. The maximum atomic E-state index is 13.5. The van der Waals surface area contributed by atoms with Crippen molar-refractivity contribution in [3.05, 3.63) is 95.2 Å². The molecule has 39 heavy (non-hydrogen) atoms. The number of methoxy groups -OCH3 is 1. The SMILES string of the molecule is COc1ccc(C2=NN(C(=O)CSc3nnc(CNC(=O)c4ccco4)n3C)C(c3ccc(C)cc3)C2)cc1. The number of carbonyl (C=O) groups excluding carboxylic acids is 2. The molecule has 2 aromatic carbocycles. The van der Waals surface area contributed by atoms with Crippen molar-refractivity contribution in [2.75, 3.05) is 12.9 Å². The van der Waals surface area contributed by atoms with E-state index in [4.69, 9.17) is 14.3 Å². The Morgan fingerprint density at radius 1 is 1.10 bits per heavy atom. The lowest BCUT2D eigenvalue weighted by Crippen LogP contribution is -2.28. The van der Waals surface area contributed by atoms with E-state index < -0.39 is 0 Å². The molecule has 1 N–H and O–H groups in total.